The molecule has 3 nitrogen and oxygen atoms in total. The first-order valence-corrected chi connectivity index (χ1v) is 5.99. The summed E-state index contributed by atoms with van der Waals surface area (Å²) in [5.41, 5.74) is 5.76. The van der Waals surface area contributed by atoms with Gasteiger partial charge in [-0.15, -0.1) is 0 Å². The van der Waals surface area contributed by atoms with E-state index in [0.29, 0.717) is 11.6 Å². The van der Waals surface area contributed by atoms with Crippen molar-refractivity contribution in [3.63, 3.8) is 0 Å². The van der Waals surface area contributed by atoms with Gasteiger partial charge in [0.2, 0.25) is 5.92 Å². The second-order valence-electron chi connectivity index (χ2n) is 5.51. The van der Waals surface area contributed by atoms with Crippen molar-refractivity contribution in [3.8, 4) is 0 Å². The first kappa shape index (κ1) is 12.5. The van der Waals surface area contributed by atoms with Crippen LogP contribution >= 0.6 is 0 Å². The van der Waals surface area contributed by atoms with Crippen molar-refractivity contribution in [1.82, 2.24) is 9.78 Å². The second-order valence-corrected chi connectivity index (χ2v) is 5.51. The molecule has 96 valence electrons. The van der Waals surface area contributed by atoms with Crippen LogP contribution in [0.25, 0.3) is 0 Å². The Morgan fingerprint density at radius 1 is 1.47 bits per heavy atom. The van der Waals surface area contributed by atoms with E-state index in [-0.39, 0.29) is 19.4 Å². The fourth-order valence-electron chi connectivity index (χ4n) is 2.49. The Balaban J connectivity index is 2.14. The summed E-state index contributed by atoms with van der Waals surface area (Å²) in [6, 6.07) is 1.82. The number of nitrogens with two attached hydrogens (primary N) is 1. The first-order valence-electron chi connectivity index (χ1n) is 5.99. The zero-order valence-corrected chi connectivity index (χ0v) is 10.3. The van der Waals surface area contributed by atoms with Crippen molar-refractivity contribution in [2.75, 3.05) is 6.54 Å². The normalized spacial score (nSPS) is 21.5. The van der Waals surface area contributed by atoms with E-state index < -0.39 is 11.3 Å². The third-order valence-electron chi connectivity index (χ3n) is 3.32. The van der Waals surface area contributed by atoms with Gasteiger partial charge in [0.25, 0.3) is 0 Å². The van der Waals surface area contributed by atoms with Crippen LogP contribution in [0, 0.1) is 5.92 Å². The molecule has 0 atom stereocenters. The maximum atomic E-state index is 13.0. The molecule has 0 bridgehead atoms. The van der Waals surface area contributed by atoms with Crippen LogP contribution in [0.4, 0.5) is 8.78 Å². The van der Waals surface area contributed by atoms with E-state index in [1.807, 2.05) is 16.9 Å². The second kappa shape index (κ2) is 4.05. The van der Waals surface area contributed by atoms with Crippen molar-refractivity contribution in [1.29, 1.82) is 0 Å². The predicted molar refractivity (Wildman–Crippen MR) is 62.0 cm³/mol. The molecule has 5 heteroatoms. The van der Waals surface area contributed by atoms with Gasteiger partial charge in [-0.1, -0.05) is 13.8 Å². The minimum atomic E-state index is -2.57. The fraction of sp³-hybridized carbons (Fsp3) is 0.750. The number of halogens is 2. The van der Waals surface area contributed by atoms with E-state index >= 15 is 0 Å². The van der Waals surface area contributed by atoms with Gasteiger partial charge < -0.3 is 5.73 Å². The largest absolute Gasteiger partial charge is 0.330 e. The summed E-state index contributed by atoms with van der Waals surface area (Å²) in [7, 11) is 0. The van der Waals surface area contributed by atoms with Crippen LogP contribution in [-0.2, 0) is 12.0 Å². The predicted octanol–water partition coefficient (Wildman–Crippen LogP) is 2.16. The number of nitrogens with zero attached hydrogens (tertiary/aromatic N) is 2. The quantitative estimate of drug-likeness (QED) is 0.880. The van der Waals surface area contributed by atoms with Crippen molar-refractivity contribution < 1.29 is 8.78 Å². The Labute approximate surface area is 100.0 Å². The van der Waals surface area contributed by atoms with Crippen LogP contribution in [0.1, 0.15) is 32.4 Å². The lowest BCUT2D eigenvalue weighted by Crippen LogP contribution is -2.54. The number of alkyl halides is 2. The highest BCUT2D eigenvalue weighted by Gasteiger charge is 2.57. The summed E-state index contributed by atoms with van der Waals surface area (Å²) in [6.45, 7) is 5.23. The maximum Gasteiger partial charge on any atom is 0.250 e. The van der Waals surface area contributed by atoms with Gasteiger partial charge in [-0.25, -0.2) is 8.78 Å². The molecular formula is C12H19F2N3. The molecule has 0 unspecified atom stereocenters. The summed E-state index contributed by atoms with van der Waals surface area (Å²) in [5.74, 6) is -2.08. The van der Waals surface area contributed by atoms with Gasteiger partial charge in [0, 0.05) is 37.5 Å². The average Bonchev–Trinajstić information content (AvgIpc) is 2.61. The van der Waals surface area contributed by atoms with Crippen molar-refractivity contribution in [2.45, 2.75) is 44.6 Å². The molecule has 0 amide bonds. The molecule has 0 aromatic carbocycles. The standard InChI is InChI=1S/C12H19F2N3/c1-9(2)5-17-4-3-10(16-17)11(8-15)6-12(13,14)7-11/h3-4,9H,5-8,15H2,1-2H3. The topological polar surface area (TPSA) is 43.8 Å². The average molecular weight is 243 g/mol. The van der Waals surface area contributed by atoms with E-state index in [9.17, 15) is 8.78 Å². The smallest absolute Gasteiger partial charge is 0.250 e. The minimum absolute atomic E-state index is 0.171. The third kappa shape index (κ3) is 2.34. The molecule has 1 heterocycles. The van der Waals surface area contributed by atoms with Gasteiger partial charge in [0.05, 0.1) is 5.69 Å². The van der Waals surface area contributed by atoms with Crippen molar-refractivity contribution in [2.24, 2.45) is 11.7 Å². The van der Waals surface area contributed by atoms with E-state index in [2.05, 4.69) is 18.9 Å². The van der Waals surface area contributed by atoms with Gasteiger partial charge in [0.1, 0.15) is 0 Å². The minimum Gasteiger partial charge on any atom is -0.330 e. The molecule has 2 N–H and O–H groups in total. The lowest BCUT2D eigenvalue weighted by atomic mass is 9.64. The Bertz CT molecular complexity index is 390. The number of hydrogen-bond donors (Lipinski definition) is 1. The zero-order chi connectivity index (χ0) is 12.7. The molecule has 1 aromatic heterocycles. The molecule has 1 saturated carbocycles. The summed E-state index contributed by atoms with van der Waals surface area (Å²) < 4.78 is 27.9. The Morgan fingerprint density at radius 2 is 2.12 bits per heavy atom. The molecular weight excluding hydrogens is 224 g/mol. The van der Waals surface area contributed by atoms with Gasteiger partial charge in [-0.2, -0.15) is 5.10 Å². The molecule has 0 aliphatic heterocycles. The van der Waals surface area contributed by atoms with Crippen LogP contribution in [0.3, 0.4) is 0 Å². The van der Waals surface area contributed by atoms with E-state index in [1.165, 1.54) is 0 Å². The fourth-order valence-corrected chi connectivity index (χ4v) is 2.49. The Hall–Kier alpha value is -0.970. The highest BCUT2D eigenvalue weighted by molar-refractivity contribution is 5.23. The molecule has 0 spiro atoms. The molecule has 0 radical (unpaired) electrons. The van der Waals surface area contributed by atoms with E-state index in [4.69, 9.17) is 5.73 Å². The first-order chi connectivity index (χ1) is 7.87. The van der Waals surface area contributed by atoms with Crippen LogP contribution < -0.4 is 5.73 Å². The summed E-state index contributed by atoms with van der Waals surface area (Å²) in [6.07, 6.45) is 1.51. The molecule has 1 aromatic rings. The number of rotatable bonds is 4. The Morgan fingerprint density at radius 3 is 2.59 bits per heavy atom. The van der Waals surface area contributed by atoms with Crippen molar-refractivity contribution in [3.05, 3.63) is 18.0 Å². The Kier molecular flexibility index (Phi) is 2.97. The highest BCUT2D eigenvalue weighted by Crippen LogP contribution is 2.52. The van der Waals surface area contributed by atoms with Gasteiger partial charge in [0.15, 0.2) is 0 Å². The monoisotopic (exact) mass is 243 g/mol. The van der Waals surface area contributed by atoms with E-state index in [1.54, 1.807) is 0 Å². The SMILES string of the molecule is CC(C)Cn1ccc(C2(CN)CC(F)(F)C2)n1. The lowest BCUT2D eigenvalue weighted by Gasteiger charge is -2.45. The molecule has 2 rings (SSSR count). The van der Waals surface area contributed by atoms with Gasteiger partial charge >= 0.3 is 0 Å². The summed E-state index contributed by atoms with van der Waals surface area (Å²) >= 11 is 0. The van der Waals surface area contributed by atoms with Crippen LogP contribution in [0.15, 0.2) is 12.3 Å². The lowest BCUT2D eigenvalue weighted by molar-refractivity contribution is -0.125. The molecule has 1 aliphatic rings. The van der Waals surface area contributed by atoms with Crippen LogP contribution in [0.2, 0.25) is 0 Å². The van der Waals surface area contributed by atoms with Crippen molar-refractivity contribution >= 4 is 0 Å². The molecule has 17 heavy (non-hydrogen) atoms. The summed E-state index contributed by atoms with van der Waals surface area (Å²) in [4.78, 5) is 0. The zero-order valence-electron chi connectivity index (χ0n) is 10.3. The summed E-state index contributed by atoms with van der Waals surface area (Å²) in [5, 5.41) is 4.38. The van der Waals surface area contributed by atoms with Gasteiger partial charge in [-0.3, -0.25) is 4.68 Å². The number of aromatic nitrogens is 2. The third-order valence-corrected chi connectivity index (χ3v) is 3.32. The number of hydrogen-bond acceptors (Lipinski definition) is 2. The van der Waals surface area contributed by atoms with Crippen LogP contribution in [-0.4, -0.2) is 22.2 Å². The maximum absolute atomic E-state index is 13.0. The molecule has 1 aliphatic carbocycles. The molecule has 0 saturated heterocycles. The van der Waals surface area contributed by atoms with E-state index in [0.717, 1.165) is 6.54 Å². The highest BCUT2D eigenvalue weighted by atomic mass is 19.3. The molecule has 1 fully saturated rings. The van der Waals surface area contributed by atoms with Crippen LogP contribution in [0.5, 0.6) is 0 Å². The van der Waals surface area contributed by atoms with Gasteiger partial charge in [-0.05, 0) is 12.0 Å².